The molecule has 0 spiro atoms. The molecule has 1 heterocycles. The molecule has 0 N–H and O–H groups in total. The van der Waals surface area contributed by atoms with Gasteiger partial charge in [-0.05, 0) is 25.5 Å². The van der Waals surface area contributed by atoms with Crippen molar-refractivity contribution in [2.24, 2.45) is 0 Å². The van der Waals surface area contributed by atoms with Crippen LogP contribution in [0, 0.1) is 13.8 Å². The number of ketones is 1. The van der Waals surface area contributed by atoms with Crippen LogP contribution in [0.3, 0.4) is 0 Å². The van der Waals surface area contributed by atoms with Crippen molar-refractivity contribution in [2.75, 3.05) is 26.2 Å². The molecule has 0 aliphatic carbocycles. The molecule has 0 aromatic heterocycles. The van der Waals surface area contributed by atoms with Gasteiger partial charge in [0, 0.05) is 43.9 Å². The van der Waals surface area contributed by atoms with Crippen molar-refractivity contribution < 1.29 is 9.59 Å². The number of hydrogen-bond acceptors (Lipinski definition) is 3. The number of hydrogen-bond donors (Lipinski definition) is 0. The predicted octanol–water partition coefficient (Wildman–Crippen LogP) is 4.49. The quantitative estimate of drug-likeness (QED) is 0.580. The summed E-state index contributed by atoms with van der Waals surface area (Å²) in [5.41, 5.74) is 5.23. The number of piperazine rings is 1. The van der Waals surface area contributed by atoms with Crippen LogP contribution in [0.4, 0.5) is 0 Å². The monoisotopic (exact) mass is 412 g/mol. The third-order valence-corrected chi connectivity index (χ3v) is 5.86. The summed E-state index contributed by atoms with van der Waals surface area (Å²) in [5.74, 6) is -0.173. The van der Waals surface area contributed by atoms with Crippen LogP contribution in [0.25, 0.3) is 0 Å². The SMILES string of the molecule is Cc1ccc(C(=O)c2ccccc2C(=O)N2CCN(Cc3cccc(C)c3)CC2)cc1. The third kappa shape index (κ3) is 4.92. The van der Waals surface area contributed by atoms with Crippen molar-refractivity contribution in [3.63, 3.8) is 0 Å². The van der Waals surface area contributed by atoms with Crippen LogP contribution in [0.15, 0.2) is 72.8 Å². The Kier molecular flexibility index (Phi) is 6.28. The molecule has 1 aliphatic heterocycles. The largest absolute Gasteiger partial charge is 0.336 e. The number of nitrogens with zero attached hydrogens (tertiary/aromatic N) is 2. The highest BCUT2D eigenvalue weighted by Gasteiger charge is 2.25. The summed E-state index contributed by atoms with van der Waals surface area (Å²) in [6, 6.07) is 23.2. The maximum atomic E-state index is 13.3. The molecule has 31 heavy (non-hydrogen) atoms. The van der Waals surface area contributed by atoms with Gasteiger partial charge in [-0.2, -0.15) is 0 Å². The molecular formula is C27H28N2O2. The van der Waals surface area contributed by atoms with E-state index in [4.69, 9.17) is 0 Å². The fraction of sp³-hybridized carbons (Fsp3) is 0.259. The Balaban J connectivity index is 1.45. The van der Waals surface area contributed by atoms with Crippen LogP contribution in [0.2, 0.25) is 0 Å². The molecule has 158 valence electrons. The zero-order valence-electron chi connectivity index (χ0n) is 18.2. The number of carbonyl (C=O) groups excluding carboxylic acids is 2. The van der Waals surface area contributed by atoms with E-state index in [0.717, 1.165) is 25.2 Å². The van der Waals surface area contributed by atoms with Gasteiger partial charge in [0.1, 0.15) is 0 Å². The van der Waals surface area contributed by atoms with Crippen molar-refractivity contribution in [2.45, 2.75) is 20.4 Å². The Labute approximate surface area is 184 Å². The minimum atomic E-state index is -0.109. The molecule has 3 aromatic carbocycles. The van der Waals surface area contributed by atoms with Gasteiger partial charge in [-0.15, -0.1) is 0 Å². The van der Waals surface area contributed by atoms with Gasteiger partial charge in [0.05, 0.1) is 5.56 Å². The van der Waals surface area contributed by atoms with E-state index >= 15 is 0 Å². The number of benzene rings is 3. The van der Waals surface area contributed by atoms with Gasteiger partial charge in [-0.25, -0.2) is 0 Å². The first-order valence-electron chi connectivity index (χ1n) is 10.8. The molecule has 4 heteroatoms. The number of amides is 1. The van der Waals surface area contributed by atoms with Crippen LogP contribution in [0.1, 0.15) is 43.0 Å². The first kappa shape index (κ1) is 21.0. The molecule has 3 aromatic rings. The molecule has 4 rings (SSSR count). The van der Waals surface area contributed by atoms with Gasteiger partial charge >= 0.3 is 0 Å². The van der Waals surface area contributed by atoms with E-state index in [-0.39, 0.29) is 11.7 Å². The molecular weight excluding hydrogens is 384 g/mol. The van der Waals surface area contributed by atoms with E-state index in [1.165, 1.54) is 11.1 Å². The zero-order valence-corrected chi connectivity index (χ0v) is 18.2. The number of carbonyl (C=O) groups is 2. The Morgan fingerprint density at radius 2 is 1.42 bits per heavy atom. The molecule has 0 radical (unpaired) electrons. The standard InChI is InChI=1S/C27H28N2O2/c1-20-10-12-23(13-11-20)26(30)24-8-3-4-9-25(24)27(31)29-16-14-28(15-17-29)19-22-7-5-6-21(2)18-22/h3-13,18H,14-17,19H2,1-2H3. The maximum absolute atomic E-state index is 13.3. The van der Waals surface area contributed by atoms with E-state index in [1.807, 2.05) is 48.2 Å². The number of aryl methyl sites for hydroxylation is 2. The fourth-order valence-electron chi connectivity index (χ4n) is 4.08. The Morgan fingerprint density at radius 1 is 0.742 bits per heavy atom. The van der Waals surface area contributed by atoms with Crippen LogP contribution in [-0.4, -0.2) is 47.7 Å². The van der Waals surface area contributed by atoms with Gasteiger partial charge < -0.3 is 4.90 Å². The summed E-state index contributed by atoms with van der Waals surface area (Å²) in [7, 11) is 0. The first-order chi connectivity index (χ1) is 15.0. The molecule has 0 unspecified atom stereocenters. The first-order valence-corrected chi connectivity index (χ1v) is 10.8. The van der Waals surface area contributed by atoms with E-state index in [2.05, 4.69) is 36.1 Å². The summed E-state index contributed by atoms with van der Waals surface area (Å²) in [5, 5.41) is 0. The van der Waals surface area contributed by atoms with Crippen molar-refractivity contribution in [3.8, 4) is 0 Å². The highest BCUT2D eigenvalue weighted by Crippen LogP contribution is 2.19. The van der Waals surface area contributed by atoms with Gasteiger partial charge in [0.2, 0.25) is 0 Å². The molecule has 1 aliphatic rings. The predicted molar refractivity (Wildman–Crippen MR) is 123 cm³/mol. The normalized spacial score (nSPS) is 14.5. The van der Waals surface area contributed by atoms with Crippen LogP contribution >= 0.6 is 0 Å². The van der Waals surface area contributed by atoms with E-state index in [0.29, 0.717) is 29.8 Å². The topological polar surface area (TPSA) is 40.6 Å². The molecule has 0 bridgehead atoms. The molecule has 0 saturated carbocycles. The minimum absolute atomic E-state index is 0.0636. The van der Waals surface area contributed by atoms with Gasteiger partial charge in [-0.3, -0.25) is 14.5 Å². The summed E-state index contributed by atoms with van der Waals surface area (Å²) >= 11 is 0. The van der Waals surface area contributed by atoms with Crippen LogP contribution in [0.5, 0.6) is 0 Å². The van der Waals surface area contributed by atoms with E-state index in [1.54, 1.807) is 12.1 Å². The fourth-order valence-corrected chi connectivity index (χ4v) is 4.08. The molecule has 1 saturated heterocycles. The highest BCUT2D eigenvalue weighted by molar-refractivity contribution is 6.15. The summed E-state index contributed by atoms with van der Waals surface area (Å²) < 4.78 is 0. The van der Waals surface area contributed by atoms with Crippen LogP contribution in [-0.2, 0) is 6.54 Å². The lowest BCUT2D eigenvalue weighted by molar-refractivity contribution is 0.0625. The second-order valence-electron chi connectivity index (χ2n) is 8.30. The molecule has 4 nitrogen and oxygen atoms in total. The lowest BCUT2D eigenvalue weighted by atomic mass is 9.97. The van der Waals surface area contributed by atoms with Gasteiger partial charge in [0.25, 0.3) is 5.91 Å². The summed E-state index contributed by atoms with van der Waals surface area (Å²) in [4.78, 5) is 30.6. The van der Waals surface area contributed by atoms with Crippen molar-refractivity contribution in [1.29, 1.82) is 0 Å². The van der Waals surface area contributed by atoms with Crippen LogP contribution < -0.4 is 0 Å². The molecule has 1 fully saturated rings. The second-order valence-corrected chi connectivity index (χ2v) is 8.30. The number of rotatable bonds is 5. The van der Waals surface area contributed by atoms with Gasteiger partial charge in [0.15, 0.2) is 5.78 Å². The highest BCUT2D eigenvalue weighted by atomic mass is 16.2. The Bertz CT molecular complexity index is 1080. The zero-order chi connectivity index (χ0) is 21.8. The Morgan fingerprint density at radius 3 is 2.10 bits per heavy atom. The average molecular weight is 413 g/mol. The Hall–Kier alpha value is -3.24. The lowest BCUT2D eigenvalue weighted by Crippen LogP contribution is -2.48. The van der Waals surface area contributed by atoms with Crippen molar-refractivity contribution >= 4 is 11.7 Å². The molecule has 0 atom stereocenters. The van der Waals surface area contributed by atoms with Crippen molar-refractivity contribution in [3.05, 3.63) is 106 Å². The average Bonchev–Trinajstić information content (AvgIpc) is 2.79. The molecule has 1 amide bonds. The van der Waals surface area contributed by atoms with E-state index in [9.17, 15) is 9.59 Å². The summed E-state index contributed by atoms with van der Waals surface area (Å²) in [6.45, 7) is 7.98. The maximum Gasteiger partial charge on any atom is 0.254 e. The minimum Gasteiger partial charge on any atom is -0.336 e. The smallest absolute Gasteiger partial charge is 0.254 e. The van der Waals surface area contributed by atoms with Crippen molar-refractivity contribution in [1.82, 2.24) is 9.80 Å². The summed E-state index contributed by atoms with van der Waals surface area (Å²) in [6.07, 6.45) is 0. The lowest BCUT2D eigenvalue weighted by Gasteiger charge is -2.35. The third-order valence-electron chi connectivity index (χ3n) is 5.86. The van der Waals surface area contributed by atoms with E-state index < -0.39 is 0 Å². The second kappa shape index (κ2) is 9.27. The van der Waals surface area contributed by atoms with Gasteiger partial charge in [-0.1, -0.05) is 77.9 Å².